The number of likely N-dealkylation sites (tertiary alicyclic amines) is 1. The van der Waals surface area contributed by atoms with E-state index in [1.165, 1.54) is 24.0 Å². The number of aliphatic hydroxyl groups is 1. The summed E-state index contributed by atoms with van der Waals surface area (Å²) in [6.07, 6.45) is 3.58. The lowest BCUT2D eigenvalue weighted by molar-refractivity contribution is 0.0772. The highest BCUT2D eigenvalue weighted by molar-refractivity contribution is 5.38. The summed E-state index contributed by atoms with van der Waals surface area (Å²) < 4.78 is 5.89. The van der Waals surface area contributed by atoms with Crippen molar-refractivity contribution in [3.8, 4) is 5.75 Å². The molecule has 3 heteroatoms. The molecule has 1 atom stereocenters. The summed E-state index contributed by atoms with van der Waals surface area (Å²) in [6, 6.07) is 6.50. The third-order valence-electron chi connectivity index (χ3n) is 4.15. The number of hydrogen-bond donors (Lipinski definition) is 1. The number of aliphatic hydroxyl groups excluding tert-OH is 1. The van der Waals surface area contributed by atoms with Crippen LogP contribution in [-0.4, -0.2) is 42.4 Å². The third-order valence-corrected chi connectivity index (χ3v) is 4.15. The van der Waals surface area contributed by atoms with Crippen molar-refractivity contribution in [1.29, 1.82) is 0 Å². The summed E-state index contributed by atoms with van der Waals surface area (Å²) in [7, 11) is 0. The molecule has 0 radical (unpaired) electrons. The van der Waals surface area contributed by atoms with Gasteiger partial charge in [0.25, 0.3) is 0 Å². The van der Waals surface area contributed by atoms with Gasteiger partial charge in [-0.2, -0.15) is 0 Å². The minimum Gasteiger partial charge on any atom is -0.492 e. The highest BCUT2D eigenvalue weighted by Crippen LogP contribution is 2.21. The van der Waals surface area contributed by atoms with Gasteiger partial charge in [-0.1, -0.05) is 18.6 Å². The molecule has 0 spiro atoms. The summed E-state index contributed by atoms with van der Waals surface area (Å²) >= 11 is 0. The maximum atomic E-state index is 9.38. The minimum absolute atomic E-state index is 0.267. The smallest absolute Gasteiger partial charge is 0.122 e. The zero-order chi connectivity index (χ0) is 13.7. The molecule has 1 aliphatic rings. The van der Waals surface area contributed by atoms with Crippen LogP contribution in [0.5, 0.6) is 5.75 Å². The van der Waals surface area contributed by atoms with Gasteiger partial charge in [-0.15, -0.1) is 0 Å². The van der Waals surface area contributed by atoms with E-state index in [9.17, 15) is 5.11 Å². The summed E-state index contributed by atoms with van der Waals surface area (Å²) in [6.45, 7) is 7.15. The molecule has 2 rings (SSSR count). The van der Waals surface area contributed by atoms with Crippen molar-refractivity contribution >= 4 is 0 Å². The van der Waals surface area contributed by atoms with Crippen molar-refractivity contribution in [2.24, 2.45) is 0 Å². The lowest BCUT2D eigenvalue weighted by Crippen LogP contribution is -2.43. The molecular weight excluding hydrogens is 238 g/mol. The number of benzene rings is 1. The molecule has 0 aliphatic carbocycles. The van der Waals surface area contributed by atoms with Gasteiger partial charge in [-0.25, -0.2) is 0 Å². The van der Waals surface area contributed by atoms with Crippen LogP contribution in [-0.2, 0) is 0 Å². The first kappa shape index (κ1) is 14.4. The molecule has 3 nitrogen and oxygen atoms in total. The van der Waals surface area contributed by atoms with E-state index in [-0.39, 0.29) is 6.61 Å². The van der Waals surface area contributed by atoms with E-state index in [4.69, 9.17) is 4.74 Å². The van der Waals surface area contributed by atoms with Gasteiger partial charge < -0.3 is 9.84 Å². The van der Waals surface area contributed by atoms with Crippen molar-refractivity contribution in [3.05, 3.63) is 29.3 Å². The fourth-order valence-electron chi connectivity index (χ4n) is 2.71. The van der Waals surface area contributed by atoms with Crippen LogP contribution in [0.25, 0.3) is 0 Å². The number of nitrogens with zero attached hydrogens (tertiary/aromatic N) is 1. The Morgan fingerprint density at radius 3 is 2.95 bits per heavy atom. The van der Waals surface area contributed by atoms with Crippen molar-refractivity contribution in [3.63, 3.8) is 0 Å². The zero-order valence-electron chi connectivity index (χ0n) is 12.1. The highest BCUT2D eigenvalue weighted by Gasteiger charge is 2.21. The first-order chi connectivity index (χ1) is 9.22. The maximum absolute atomic E-state index is 9.38. The SMILES string of the molecule is Cc1cccc(OCCN2CCCCC2CO)c1C. The van der Waals surface area contributed by atoms with E-state index in [1.807, 2.05) is 12.1 Å². The number of rotatable bonds is 5. The Morgan fingerprint density at radius 1 is 1.32 bits per heavy atom. The van der Waals surface area contributed by atoms with Gasteiger partial charge in [0.15, 0.2) is 0 Å². The minimum atomic E-state index is 0.267. The van der Waals surface area contributed by atoms with Gasteiger partial charge in [-0.05, 0) is 50.4 Å². The number of aryl methyl sites for hydroxylation is 1. The second-order valence-electron chi connectivity index (χ2n) is 5.41. The molecule has 1 N–H and O–H groups in total. The maximum Gasteiger partial charge on any atom is 0.122 e. The number of piperidine rings is 1. The van der Waals surface area contributed by atoms with Crippen LogP contribution in [0.3, 0.4) is 0 Å². The third kappa shape index (κ3) is 3.71. The van der Waals surface area contributed by atoms with E-state index in [2.05, 4.69) is 24.8 Å². The van der Waals surface area contributed by atoms with Crippen LogP contribution in [0.2, 0.25) is 0 Å². The summed E-state index contributed by atoms with van der Waals surface area (Å²) in [5.41, 5.74) is 2.49. The second-order valence-corrected chi connectivity index (χ2v) is 5.41. The molecule has 1 aliphatic heterocycles. The van der Waals surface area contributed by atoms with Gasteiger partial charge in [0.2, 0.25) is 0 Å². The molecule has 1 saturated heterocycles. The van der Waals surface area contributed by atoms with Crippen LogP contribution in [0.1, 0.15) is 30.4 Å². The monoisotopic (exact) mass is 263 g/mol. The largest absolute Gasteiger partial charge is 0.492 e. The Labute approximate surface area is 116 Å². The molecule has 1 fully saturated rings. The molecule has 1 unspecified atom stereocenters. The van der Waals surface area contributed by atoms with Crippen molar-refractivity contribution in [2.75, 3.05) is 26.3 Å². The average Bonchev–Trinajstić information content (AvgIpc) is 2.44. The van der Waals surface area contributed by atoms with Crippen LogP contribution in [0, 0.1) is 13.8 Å². The van der Waals surface area contributed by atoms with E-state index in [1.54, 1.807) is 0 Å². The van der Waals surface area contributed by atoms with Gasteiger partial charge in [0.1, 0.15) is 12.4 Å². The predicted molar refractivity (Wildman–Crippen MR) is 77.7 cm³/mol. The van der Waals surface area contributed by atoms with Crippen LogP contribution >= 0.6 is 0 Å². The number of hydrogen-bond acceptors (Lipinski definition) is 3. The predicted octanol–water partition coefficient (Wildman–Crippen LogP) is 2.53. The Bertz CT molecular complexity index is 406. The molecule has 1 heterocycles. The quantitative estimate of drug-likeness (QED) is 0.886. The van der Waals surface area contributed by atoms with Crippen molar-refractivity contribution < 1.29 is 9.84 Å². The van der Waals surface area contributed by atoms with Crippen LogP contribution < -0.4 is 4.74 Å². The van der Waals surface area contributed by atoms with E-state index in [0.29, 0.717) is 12.6 Å². The molecular formula is C16H25NO2. The van der Waals surface area contributed by atoms with E-state index >= 15 is 0 Å². The Morgan fingerprint density at radius 2 is 2.16 bits per heavy atom. The van der Waals surface area contributed by atoms with Crippen LogP contribution in [0.15, 0.2) is 18.2 Å². The molecule has 0 aromatic heterocycles. The summed E-state index contributed by atoms with van der Waals surface area (Å²) in [5, 5.41) is 9.38. The fraction of sp³-hybridized carbons (Fsp3) is 0.625. The first-order valence-electron chi connectivity index (χ1n) is 7.26. The summed E-state index contributed by atoms with van der Waals surface area (Å²) in [5.74, 6) is 0.984. The van der Waals surface area contributed by atoms with Gasteiger partial charge in [0.05, 0.1) is 6.61 Å². The lowest BCUT2D eigenvalue weighted by atomic mass is 10.0. The van der Waals surface area contributed by atoms with Gasteiger partial charge >= 0.3 is 0 Å². The second kappa shape index (κ2) is 6.92. The Balaban J connectivity index is 1.84. The molecule has 0 bridgehead atoms. The molecule has 1 aromatic rings. The molecule has 0 amide bonds. The molecule has 19 heavy (non-hydrogen) atoms. The van der Waals surface area contributed by atoms with Gasteiger partial charge in [0, 0.05) is 12.6 Å². The van der Waals surface area contributed by atoms with Crippen molar-refractivity contribution in [2.45, 2.75) is 39.2 Å². The Kier molecular flexibility index (Phi) is 5.23. The lowest BCUT2D eigenvalue weighted by Gasteiger charge is -2.34. The topological polar surface area (TPSA) is 32.7 Å². The van der Waals surface area contributed by atoms with Crippen molar-refractivity contribution in [1.82, 2.24) is 4.90 Å². The Hall–Kier alpha value is -1.06. The summed E-state index contributed by atoms with van der Waals surface area (Å²) in [4.78, 5) is 2.36. The fourth-order valence-corrected chi connectivity index (χ4v) is 2.71. The molecule has 0 saturated carbocycles. The highest BCUT2D eigenvalue weighted by atomic mass is 16.5. The standard InChI is InChI=1S/C16H25NO2/c1-13-6-5-8-16(14(13)2)19-11-10-17-9-4-3-7-15(17)12-18/h5-6,8,15,18H,3-4,7,9-12H2,1-2H3. The zero-order valence-corrected chi connectivity index (χ0v) is 12.1. The van der Waals surface area contributed by atoms with E-state index in [0.717, 1.165) is 25.3 Å². The first-order valence-corrected chi connectivity index (χ1v) is 7.26. The van der Waals surface area contributed by atoms with E-state index < -0.39 is 0 Å². The molecule has 1 aromatic carbocycles. The number of ether oxygens (including phenoxy) is 1. The van der Waals surface area contributed by atoms with Gasteiger partial charge in [-0.3, -0.25) is 4.90 Å². The average molecular weight is 263 g/mol. The molecule has 106 valence electrons. The van der Waals surface area contributed by atoms with Crippen LogP contribution in [0.4, 0.5) is 0 Å². The normalized spacial score (nSPS) is 20.5.